The highest BCUT2D eigenvalue weighted by Gasteiger charge is 2.29. The zero-order valence-corrected chi connectivity index (χ0v) is 11.4. The number of carbonyl (C=O) groups excluding carboxylic acids is 1. The summed E-state index contributed by atoms with van der Waals surface area (Å²) in [5.41, 5.74) is 0.305. The third-order valence-corrected chi connectivity index (χ3v) is 3.47. The van der Waals surface area contributed by atoms with E-state index in [0.29, 0.717) is 25.3 Å². The number of alkyl halides is 2. The normalized spacial score (nSPS) is 23.1. The lowest BCUT2D eigenvalue weighted by Crippen LogP contribution is -2.49. The second-order valence-electron chi connectivity index (χ2n) is 4.73. The SMILES string of the molecule is CO[C@H]1COCC[C@@H]1NC(=O)c1ccc(C)n1C(F)F. The first-order valence-corrected chi connectivity index (χ1v) is 6.42. The van der Waals surface area contributed by atoms with Crippen LogP contribution in [0.15, 0.2) is 12.1 Å². The number of halogens is 2. The maximum atomic E-state index is 12.9. The standard InChI is InChI=1S/C13H18F2N2O3/c1-8-3-4-10(17(8)13(14)15)12(18)16-9-5-6-20-7-11(9)19-2/h3-4,9,11,13H,5-7H2,1-2H3,(H,16,18)/t9-,11-/m0/s1. The van der Waals surface area contributed by atoms with Crippen molar-refractivity contribution >= 4 is 5.91 Å². The summed E-state index contributed by atoms with van der Waals surface area (Å²) in [5.74, 6) is -0.521. The highest BCUT2D eigenvalue weighted by molar-refractivity contribution is 5.93. The fraction of sp³-hybridized carbons (Fsp3) is 0.615. The van der Waals surface area contributed by atoms with Crippen molar-refractivity contribution in [2.75, 3.05) is 20.3 Å². The first-order chi connectivity index (χ1) is 9.54. The number of nitrogens with zero attached hydrogens (tertiary/aromatic N) is 1. The van der Waals surface area contributed by atoms with Crippen LogP contribution in [0.1, 0.15) is 29.2 Å². The van der Waals surface area contributed by atoms with Crippen LogP contribution in [-0.2, 0) is 9.47 Å². The van der Waals surface area contributed by atoms with Gasteiger partial charge in [0.05, 0.1) is 12.6 Å². The van der Waals surface area contributed by atoms with E-state index in [4.69, 9.17) is 9.47 Å². The number of nitrogens with one attached hydrogen (secondary N) is 1. The summed E-state index contributed by atoms with van der Waals surface area (Å²) in [6.45, 7) is -0.301. The van der Waals surface area contributed by atoms with Gasteiger partial charge in [-0.3, -0.25) is 9.36 Å². The molecule has 1 aliphatic heterocycles. The molecule has 1 saturated heterocycles. The van der Waals surface area contributed by atoms with E-state index in [2.05, 4.69) is 5.32 Å². The Bertz CT molecular complexity index is 476. The molecule has 1 aliphatic rings. The van der Waals surface area contributed by atoms with E-state index < -0.39 is 12.5 Å². The van der Waals surface area contributed by atoms with Gasteiger partial charge >= 0.3 is 6.55 Å². The van der Waals surface area contributed by atoms with E-state index in [1.807, 2.05) is 0 Å². The van der Waals surface area contributed by atoms with Gasteiger partial charge in [-0.25, -0.2) is 0 Å². The van der Waals surface area contributed by atoms with E-state index in [0.717, 1.165) is 4.57 Å². The summed E-state index contributed by atoms with van der Waals surface area (Å²) in [5, 5.41) is 2.75. The van der Waals surface area contributed by atoms with Gasteiger partial charge in [-0.15, -0.1) is 0 Å². The summed E-state index contributed by atoms with van der Waals surface area (Å²) >= 11 is 0. The van der Waals surface area contributed by atoms with Crippen LogP contribution in [0.3, 0.4) is 0 Å². The van der Waals surface area contributed by atoms with Crippen LogP contribution in [0.2, 0.25) is 0 Å². The molecule has 2 atom stereocenters. The Hall–Kier alpha value is -1.47. The average Bonchev–Trinajstić information content (AvgIpc) is 2.81. The Morgan fingerprint density at radius 1 is 1.55 bits per heavy atom. The molecule has 1 aromatic rings. The van der Waals surface area contributed by atoms with Gasteiger partial charge in [0, 0.05) is 19.4 Å². The van der Waals surface area contributed by atoms with Crippen LogP contribution in [0.4, 0.5) is 8.78 Å². The Morgan fingerprint density at radius 2 is 2.30 bits per heavy atom. The molecular formula is C13H18F2N2O3. The Labute approximate surface area is 115 Å². The number of aromatic nitrogens is 1. The lowest BCUT2D eigenvalue weighted by Gasteiger charge is -2.31. The predicted octanol–water partition coefficient (Wildman–Crippen LogP) is 1.73. The molecule has 0 aliphatic carbocycles. The molecule has 112 valence electrons. The van der Waals surface area contributed by atoms with Gasteiger partial charge in [0.1, 0.15) is 11.8 Å². The van der Waals surface area contributed by atoms with Gasteiger partial charge in [-0.1, -0.05) is 0 Å². The minimum atomic E-state index is -2.74. The molecule has 0 unspecified atom stereocenters. The maximum absolute atomic E-state index is 12.9. The van der Waals surface area contributed by atoms with E-state index >= 15 is 0 Å². The Morgan fingerprint density at radius 3 is 2.95 bits per heavy atom. The number of hydrogen-bond acceptors (Lipinski definition) is 3. The van der Waals surface area contributed by atoms with Crippen molar-refractivity contribution in [3.05, 3.63) is 23.5 Å². The number of rotatable bonds is 4. The van der Waals surface area contributed by atoms with E-state index in [-0.39, 0.29) is 17.8 Å². The van der Waals surface area contributed by atoms with Crippen molar-refractivity contribution in [3.8, 4) is 0 Å². The van der Waals surface area contributed by atoms with Crippen LogP contribution < -0.4 is 5.32 Å². The fourth-order valence-electron chi connectivity index (χ4n) is 2.35. The maximum Gasteiger partial charge on any atom is 0.319 e. The third-order valence-electron chi connectivity index (χ3n) is 3.47. The van der Waals surface area contributed by atoms with Crippen LogP contribution >= 0.6 is 0 Å². The predicted molar refractivity (Wildman–Crippen MR) is 67.9 cm³/mol. The molecule has 0 aromatic carbocycles. The number of ether oxygens (including phenoxy) is 2. The first kappa shape index (κ1) is 14.9. The summed E-state index contributed by atoms with van der Waals surface area (Å²) < 4.78 is 37.1. The average molecular weight is 288 g/mol. The molecule has 2 rings (SSSR count). The van der Waals surface area contributed by atoms with Crippen LogP contribution in [0.5, 0.6) is 0 Å². The van der Waals surface area contributed by atoms with Crippen molar-refractivity contribution in [1.29, 1.82) is 0 Å². The molecule has 0 spiro atoms. The molecule has 20 heavy (non-hydrogen) atoms. The molecule has 0 saturated carbocycles. The minimum Gasteiger partial charge on any atom is -0.379 e. The molecule has 1 amide bonds. The second-order valence-corrected chi connectivity index (χ2v) is 4.73. The van der Waals surface area contributed by atoms with Crippen LogP contribution in [-0.4, -0.2) is 42.9 Å². The zero-order valence-electron chi connectivity index (χ0n) is 11.4. The molecular weight excluding hydrogens is 270 g/mol. The number of aryl methyl sites for hydroxylation is 1. The molecule has 1 aromatic heterocycles. The molecule has 1 N–H and O–H groups in total. The van der Waals surface area contributed by atoms with Crippen molar-refractivity contribution in [2.24, 2.45) is 0 Å². The summed E-state index contributed by atoms with van der Waals surface area (Å²) in [6.07, 6.45) is 0.335. The number of methoxy groups -OCH3 is 1. The second kappa shape index (κ2) is 6.32. The third kappa shape index (κ3) is 2.99. The molecule has 1 fully saturated rings. The van der Waals surface area contributed by atoms with E-state index in [1.54, 1.807) is 0 Å². The quantitative estimate of drug-likeness (QED) is 0.918. The van der Waals surface area contributed by atoms with E-state index in [9.17, 15) is 13.6 Å². The molecule has 5 nitrogen and oxygen atoms in total. The van der Waals surface area contributed by atoms with Gasteiger partial charge < -0.3 is 14.8 Å². The largest absolute Gasteiger partial charge is 0.379 e. The lowest BCUT2D eigenvalue weighted by atomic mass is 10.1. The van der Waals surface area contributed by atoms with Gasteiger partial charge in [-0.05, 0) is 25.5 Å². The van der Waals surface area contributed by atoms with Gasteiger partial charge in [0.15, 0.2) is 0 Å². The van der Waals surface area contributed by atoms with E-state index in [1.165, 1.54) is 26.2 Å². The van der Waals surface area contributed by atoms with Crippen molar-refractivity contribution in [1.82, 2.24) is 9.88 Å². The van der Waals surface area contributed by atoms with Crippen LogP contribution in [0, 0.1) is 6.92 Å². The fourth-order valence-corrected chi connectivity index (χ4v) is 2.35. The van der Waals surface area contributed by atoms with Gasteiger partial charge in [-0.2, -0.15) is 8.78 Å². The first-order valence-electron chi connectivity index (χ1n) is 6.42. The van der Waals surface area contributed by atoms with Gasteiger partial charge in [0.2, 0.25) is 0 Å². The smallest absolute Gasteiger partial charge is 0.319 e. The van der Waals surface area contributed by atoms with Crippen LogP contribution in [0.25, 0.3) is 0 Å². The number of hydrogen-bond donors (Lipinski definition) is 1. The number of carbonyl (C=O) groups is 1. The molecule has 0 bridgehead atoms. The molecule has 7 heteroatoms. The Balaban J connectivity index is 2.12. The Kier molecular flexibility index (Phi) is 4.72. The van der Waals surface area contributed by atoms with Crippen molar-refractivity contribution in [2.45, 2.75) is 32.0 Å². The lowest BCUT2D eigenvalue weighted by molar-refractivity contribution is -0.0480. The minimum absolute atomic E-state index is 0.0427. The summed E-state index contributed by atoms with van der Waals surface area (Å²) in [6, 6.07) is 2.67. The highest BCUT2D eigenvalue weighted by Crippen LogP contribution is 2.19. The van der Waals surface area contributed by atoms with Crippen molar-refractivity contribution in [3.63, 3.8) is 0 Å². The van der Waals surface area contributed by atoms with Crippen molar-refractivity contribution < 1.29 is 23.0 Å². The summed E-state index contributed by atoms with van der Waals surface area (Å²) in [7, 11) is 1.53. The number of amides is 1. The topological polar surface area (TPSA) is 52.5 Å². The molecule has 0 radical (unpaired) electrons. The van der Waals surface area contributed by atoms with Gasteiger partial charge in [0.25, 0.3) is 5.91 Å². The summed E-state index contributed by atoms with van der Waals surface area (Å²) in [4.78, 5) is 12.2. The molecule has 2 heterocycles. The zero-order chi connectivity index (χ0) is 14.7. The highest BCUT2D eigenvalue weighted by atomic mass is 19.3. The monoisotopic (exact) mass is 288 g/mol.